The van der Waals surface area contributed by atoms with Crippen LogP contribution in [-0.4, -0.2) is 43.2 Å². The molecule has 0 saturated carbocycles. The van der Waals surface area contributed by atoms with Gasteiger partial charge in [0, 0.05) is 18.7 Å². The molecule has 10 heteroatoms. The van der Waals surface area contributed by atoms with Crippen LogP contribution in [0.1, 0.15) is 36.9 Å². The molecule has 32 heavy (non-hydrogen) atoms. The van der Waals surface area contributed by atoms with E-state index < -0.39 is 21.9 Å². The number of thiazole rings is 1. The van der Waals surface area contributed by atoms with E-state index in [0.29, 0.717) is 30.1 Å². The number of carbonyl (C=O) groups is 2. The number of sulfonamides is 1. The van der Waals surface area contributed by atoms with Crippen molar-refractivity contribution in [1.29, 1.82) is 0 Å². The number of amides is 1. The summed E-state index contributed by atoms with van der Waals surface area (Å²) < 4.78 is 32.3. The summed E-state index contributed by atoms with van der Waals surface area (Å²) in [4.78, 5) is 28.9. The normalized spacial score (nSPS) is 13.9. The summed E-state index contributed by atoms with van der Waals surface area (Å²) in [5.74, 6) is -0.971. The lowest BCUT2D eigenvalue weighted by molar-refractivity contribution is 0.0605. The number of aryl methyl sites for hydroxylation is 1. The van der Waals surface area contributed by atoms with Crippen molar-refractivity contribution in [3.8, 4) is 0 Å². The van der Waals surface area contributed by atoms with Gasteiger partial charge < -0.3 is 4.74 Å². The highest BCUT2D eigenvalue weighted by Crippen LogP contribution is 2.26. The van der Waals surface area contributed by atoms with E-state index in [1.54, 1.807) is 6.92 Å². The van der Waals surface area contributed by atoms with Crippen molar-refractivity contribution in [3.05, 3.63) is 75.8 Å². The van der Waals surface area contributed by atoms with E-state index in [9.17, 15) is 18.0 Å². The van der Waals surface area contributed by atoms with Gasteiger partial charge in [0.2, 0.25) is 10.0 Å². The van der Waals surface area contributed by atoms with Gasteiger partial charge in [0.25, 0.3) is 5.91 Å². The maximum Gasteiger partial charge on any atom is 0.350 e. The third-order valence-electron chi connectivity index (χ3n) is 5.24. The predicted octanol–water partition coefficient (Wildman–Crippen LogP) is 3.24. The van der Waals surface area contributed by atoms with Crippen LogP contribution in [0.25, 0.3) is 0 Å². The number of esters is 1. The molecule has 0 atom stereocenters. The van der Waals surface area contributed by atoms with Gasteiger partial charge in [-0.2, -0.15) is 4.31 Å². The third-order valence-corrected chi connectivity index (χ3v) is 8.15. The molecule has 1 aliphatic heterocycles. The molecule has 1 amide bonds. The van der Waals surface area contributed by atoms with E-state index in [0.717, 1.165) is 16.9 Å². The molecule has 0 unspecified atom stereocenters. The smallest absolute Gasteiger partial charge is 0.350 e. The first-order chi connectivity index (χ1) is 15.3. The molecule has 1 aliphatic rings. The standard InChI is InChI=1S/C22H21N3O5S2/c1-14-19(21(27)30-2)31-22(23-14)24-20(26)16-7-9-18(10-8-16)32(28,29)25-12-11-15-5-3-4-6-17(15)13-25/h3-10H,11-13H2,1-2H3,(H,23,24,26). The summed E-state index contributed by atoms with van der Waals surface area (Å²) in [6.45, 7) is 2.39. The van der Waals surface area contributed by atoms with E-state index in [2.05, 4.69) is 10.3 Å². The SMILES string of the molecule is COC(=O)c1sc(NC(=O)c2ccc(S(=O)(=O)N3CCc4ccccc4C3)cc2)nc1C. The van der Waals surface area contributed by atoms with Gasteiger partial charge in [-0.3, -0.25) is 10.1 Å². The minimum Gasteiger partial charge on any atom is -0.465 e. The lowest BCUT2D eigenvalue weighted by Crippen LogP contribution is -2.35. The zero-order valence-electron chi connectivity index (χ0n) is 17.5. The van der Waals surface area contributed by atoms with Crippen molar-refractivity contribution in [2.75, 3.05) is 19.0 Å². The Labute approximate surface area is 189 Å². The van der Waals surface area contributed by atoms with Crippen LogP contribution in [0.5, 0.6) is 0 Å². The molecular formula is C22H21N3O5S2. The van der Waals surface area contributed by atoms with Gasteiger partial charge in [-0.25, -0.2) is 18.2 Å². The van der Waals surface area contributed by atoms with Gasteiger partial charge in [0.1, 0.15) is 4.88 Å². The molecule has 1 aromatic heterocycles. The highest BCUT2D eigenvalue weighted by molar-refractivity contribution is 7.89. The number of benzene rings is 2. The Morgan fingerprint density at radius 1 is 1.09 bits per heavy atom. The number of rotatable bonds is 5. The Balaban J connectivity index is 1.48. The van der Waals surface area contributed by atoms with E-state index in [4.69, 9.17) is 4.74 Å². The van der Waals surface area contributed by atoms with Gasteiger partial charge in [-0.1, -0.05) is 35.6 Å². The average Bonchev–Trinajstić information content (AvgIpc) is 3.18. The van der Waals surface area contributed by atoms with Crippen molar-refractivity contribution in [3.63, 3.8) is 0 Å². The summed E-state index contributed by atoms with van der Waals surface area (Å²) in [6.07, 6.45) is 0.663. The quantitative estimate of drug-likeness (QED) is 0.573. The topological polar surface area (TPSA) is 106 Å². The maximum atomic E-state index is 13.1. The monoisotopic (exact) mass is 471 g/mol. The van der Waals surface area contributed by atoms with Crippen molar-refractivity contribution in [2.24, 2.45) is 0 Å². The van der Waals surface area contributed by atoms with E-state index >= 15 is 0 Å². The molecule has 0 aliphatic carbocycles. The van der Waals surface area contributed by atoms with E-state index in [1.165, 1.54) is 41.2 Å². The Morgan fingerprint density at radius 2 is 1.78 bits per heavy atom. The fourth-order valence-corrected chi connectivity index (χ4v) is 5.80. The minimum absolute atomic E-state index is 0.131. The number of aromatic nitrogens is 1. The Morgan fingerprint density at radius 3 is 2.47 bits per heavy atom. The van der Waals surface area contributed by atoms with Gasteiger partial charge in [-0.05, 0) is 48.7 Å². The van der Waals surface area contributed by atoms with Crippen molar-refractivity contribution in [1.82, 2.24) is 9.29 Å². The zero-order valence-corrected chi connectivity index (χ0v) is 19.1. The number of fused-ring (bicyclic) bond motifs is 1. The van der Waals surface area contributed by atoms with Crippen molar-refractivity contribution >= 4 is 38.4 Å². The number of hydrogen-bond acceptors (Lipinski definition) is 7. The van der Waals surface area contributed by atoms with Crippen LogP contribution in [0, 0.1) is 6.92 Å². The number of methoxy groups -OCH3 is 1. The second kappa shape index (κ2) is 8.81. The van der Waals surface area contributed by atoms with E-state index in [1.807, 2.05) is 24.3 Å². The van der Waals surface area contributed by atoms with Gasteiger partial charge in [0.15, 0.2) is 5.13 Å². The lowest BCUT2D eigenvalue weighted by atomic mass is 10.0. The number of nitrogens with zero attached hydrogens (tertiary/aromatic N) is 2. The maximum absolute atomic E-state index is 13.1. The van der Waals surface area contributed by atoms with Crippen LogP contribution in [0.15, 0.2) is 53.4 Å². The molecule has 0 radical (unpaired) electrons. The summed E-state index contributed by atoms with van der Waals surface area (Å²) in [5, 5.41) is 2.89. The van der Waals surface area contributed by atoms with Crippen LogP contribution in [-0.2, 0) is 27.7 Å². The second-order valence-electron chi connectivity index (χ2n) is 7.26. The van der Waals surface area contributed by atoms with Crippen molar-refractivity contribution in [2.45, 2.75) is 24.8 Å². The lowest BCUT2D eigenvalue weighted by Gasteiger charge is -2.28. The van der Waals surface area contributed by atoms with Crippen LogP contribution in [0.2, 0.25) is 0 Å². The van der Waals surface area contributed by atoms with Crippen LogP contribution in [0.3, 0.4) is 0 Å². The largest absolute Gasteiger partial charge is 0.465 e. The van der Waals surface area contributed by atoms with E-state index in [-0.39, 0.29) is 15.6 Å². The van der Waals surface area contributed by atoms with Gasteiger partial charge in [-0.15, -0.1) is 0 Å². The molecule has 166 valence electrons. The Hall–Kier alpha value is -3.08. The summed E-state index contributed by atoms with van der Waals surface area (Å²) >= 11 is 1.02. The number of ether oxygens (including phenoxy) is 1. The molecule has 8 nitrogen and oxygen atoms in total. The Kier molecular flexibility index (Phi) is 6.09. The molecular weight excluding hydrogens is 450 g/mol. The average molecular weight is 472 g/mol. The van der Waals surface area contributed by atoms with Crippen molar-refractivity contribution < 1.29 is 22.7 Å². The summed E-state index contributed by atoms with van der Waals surface area (Å²) in [5.41, 5.74) is 2.91. The number of anilines is 1. The summed E-state index contributed by atoms with van der Waals surface area (Å²) in [6, 6.07) is 13.6. The summed E-state index contributed by atoms with van der Waals surface area (Å²) in [7, 11) is -2.41. The molecule has 0 spiro atoms. The minimum atomic E-state index is -3.68. The predicted molar refractivity (Wildman–Crippen MR) is 120 cm³/mol. The van der Waals surface area contributed by atoms with Gasteiger partial charge >= 0.3 is 5.97 Å². The molecule has 0 saturated heterocycles. The molecule has 0 bridgehead atoms. The molecule has 2 heterocycles. The Bertz CT molecular complexity index is 1280. The first kappa shape index (κ1) is 22.1. The highest BCUT2D eigenvalue weighted by atomic mass is 32.2. The van der Waals surface area contributed by atoms with Crippen LogP contribution in [0.4, 0.5) is 5.13 Å². The molecule has 0 fully saturated rings. The third kappa shape index (κ3) is 4.29. The molecule has 1 N–H and O–H groups in total. The first-order valence-corrected chi connectivity index (χ1v) is 12.1. The second-order valence-corrected chi connectivity index (χ2v) is 10.2. The number of carbonyl (C=O) groups excluding carboxylic acids is 2. The molecule has 4 rings (SSSR count). The fraction of sp³-hybridized carbons (Fsp3) is 0.227. The van der Waals surface area contributed by atoms with Crippen LogP contribution < -0.4 is 5.32 Å². The first-order valence-electron chi connectivity index (χ1n) is 9.83. The zero-order chi connectivity index (χ0) is 22.9. The van der Waals surface area contributed by atoms with Gasteiger partial charge in [0.05, 0.1) is 17.7 Å². The fourth-order valence-electron chi connectivity index (χ4n) is 3.50. The molecule has 3 aromatic rings. The van der Waals surface area contributed by atoms with Crippen LogP contribution >= 0.6 is 11.3 Å². The highest BCUT2D eigenvalue weighted by Gasteiger charge is 2.28. The number of nitrogens with one attached hydrogen (secondary N) is 1. The number of hydrogen-bond donors (Lipinski definition) is 1. The molecule has 2 aromatic carbocycles.